The van der Waals surface area contributed by atoms with Gasteiger partial charge in [-0.05, 0) is 17.9 Å². The van der Waals surface area contributed by atoms with E-state index in [2.05, 4.69) is 0 Å². The molecule has 2 aromatic rings. The third-order valence-corrected chi connectivity index (χ3v) is 4.97. The molecule has 21 heavy (non-hydrogen) atoms. The Bertz CT molecular complexity index is 614. The molecule has 1 heterocycles. The first-order chi connectivity index (χ1) is 10.0. The average molecular weight is 329 g/mol. The van der Waals surface area contributed by atoms with Crippen molar-refractivity contribution >= 4 is 22.9 Å². The molecule has 114 valence electrons. The molecule has 1 unspecified atom stereocenters. The Morgan fingerprint density at radius 2 is 1.67 bits per heavy atom. The Labute approximate surface area is 132 Å². The molecule has 0 spiro atoms. The van der Waals surface area contributed by atoms with Gasteiger partial charge in [0.15, 0.2) is 0 Å². The molecule has 0 aliphatic carbocycles. The number of thiophene rings is 1. The lowest BCUT2D eigenvalue weighted by Crippen LogP contribution is -2.05. The summed E-state index contributed by atoms with van der Waals surface area (Å²) in [5, 5.41) is 13.2. The molecule has 1 aromatic carbocycles. The summed E-state index contributed by atoms with van der Waals surface area (Å²) < 4.78 is 15.9. The van der Waals surface area contributed by atoms with Crippen molar-refractivity contribution in [1.29, 1.82) is 0 Å². The molecule has 0 saturated carbocycles. The molecule has 0 aliphatic heterocycles. The van der Waals surface area contributed by atoms with Gasteiger partial charge in [0, 0.05) is 12.1 Å². The van der Waals surface area contributed by atoms with Crippen LogP contribution in [0.2, 0.25) is 5.02 Å². The van der Waals surface area contributed by atoms with Gasteiger partial charge in [0.25, 0.3) is 0 Å². The molecule has 0 amide bonds. The van der Waals surface area contributed by atoms with E-state index in [-0.39, 0.29) is 0 Å². The van der Waals surface area contributed by atoms with Crippen LogP contribution in [0, 0.1) is 6.92 Å². The fraction of sp³-hybridized carbons (Fsp3) is 0.333. The van der Waals surface area contributed by atoms with E-state index >= 15 is 0 Å². The second kappa shape index (κ2) is 6.56. The molecule has 0 aliphatic rings. The summed E-state index contributed by atoms with van der Waals surface area (Å²) in [5.74, 6) is 1.56. The summed E-state index contributed by atoms with van der Waals surface area (Å²) >= 11 is 7.65. The number of benzene rings is 1. The maximum absolute atomic E-state index is 10.7. The van der Waals surface area contributed by atoms with Crippen molar-refractivity contribution in [2.75, 3.05) is 21.3 Å². The molecule has 0 fully saturated rings. The number of aliphatic hydroxyl groups is 1. The Kier molecular flexibility index (Phi) is 4.98. The number of rotatable bonds is 5. The summed E-state index contributed by atoms with van der Waals surface area (Å²) in [7, 11) is 4.63. The van der Waals surface area contributed by atoms with Crippen LogP contribution < -0.4 is 14.2 Å². The normalized spacial score (nSPS) is 12.1. The molecule has 0 bridgehead atoms. The van der Waals surface area contributed by atoms with Crippen LogP contribution in [0.1, 0.15) is 22.1 Å². The van der Waals surface area contributed by atoms with E-state index in [0.717, 1.165) is 5.56 Å². The lowest BCUT2D eigenvalue weighted by atomic mass is 10.0. The van der Waals surface area contributed by atoms with Crippen LogP contribution in [-0.4, -0.2) is 26.4 Å². The third-order valence-electron chi connectivity index (χ3n) is 3.20. The van der Waals surface area contributed by atoms with Gasteiger partial charge in [-0.15, -0.1) is 11.3 Å². The Morgan fingerprint density at radius 1 is 1.10 bits per heavy atom. The molecule has 0 saturated heterocycles. The fourth-order valence-corrected chi connectivity index (χ4v) is 3.36. The maximum Gasteiger partial charge on any atom is 0.132 e. The van der Waals surface area contributed by atoms with Crippen LogP contribution >= 0.6 is 22.9 Å². The van der Waals surface area contributed by atoms with Crippen molar-refractivity contribution in [2.24, 2.45) is 0 Å². The first kappa shape index (κ1) is 15.9. The predicted molar refractivity (Wildman–Crippen MR) is 84.2 cm³/mol. The SMILES string of the molecule is COc1cc(OC)c(C(O)c2scc(C)c2Cl)c(OC)c1. The molecule has 1 atom stereocenters. The first-order valence-electron chi connectivity index (χ1n) is 6.24. The Balaban J connectivity index is 2.58. The van der Waals surface area contributed by atoms with Gasteiger partial charge < -0.3 is 19.3 Å². The van der Waals surface area contributed by atoms with E-state index < -0.39 is 6.10 Å². The van der Waals surface area contributed by atoms with Crippen LogP contribution in [0.3, 0.4) is 0 Å². The Morgan fingerprint density at radius 3 is 2.05 bits per heavy atom. The minimum absolute atomic E-state index is 0.487. The van der Waals surface area contributed by atoms with Gasteiger partial charge in [-0.25, -0.2) is 0 Å². The highest BCUT2D eigenvalue weighted by atomic mass is 35.5. The number of hydrogen-bond donors (Lipinski definition) is 1. The van der Waals surface area contributed by atoms with Crippen molar-refractivity contribution < 1.29 is 19.3 Å². The van der Waals surface area contributed by atoms with Gasteiger partial charge >= 0.3 is 0 Å². The lowest BCUT2D eigenvalue weighted by molar-refractivity contribution is 0.212. The minimum atomic E-state index is -0.924. The third kappa shape index (κ3) is 2.95. The number of hydrogen-bond acceptors (Lipinski definition) is 5. The zero-order valence-electron chi connectivity index (χ0n) is 12.3. The summed E-state index contributed by atoms with van der Waals surface area (Å²) in [6.45, 7) is 1.90. The summed E-state index contributed by atoms with van der Waals surface area (Å²) in [6.07, 6.45) is -0.924. The Hall–Kier alpha value is -1.43. The quantitative estimate of drug-likeness (QED) is 0.906. The highest BCUT2D eigenvalue weighted by Crippen LogP contribution is 2.44. The van der Waals surface area contributed by atoms with Crippen LogP contribution in [0.5, 0.6) is 17.2 Å². The van der Waals surface area contributed by atoms with E-state index in [4.69, 9.17) is 25.8 Å². The number of ether oxygens (including phenoxy) is 3. The van der Waals surface area contributed by atoms with Gasteiger partial charge in [0.2, 0.25) is 0 Å². The molecule has 1 aromatic heterocycles. The number of halogens is 1. The van der Waals surface area contributed by atoms with Gasteiger partial charge in [0.05, 0.1) is 36.8 Å². The monoisotopic (exact) mass is 328 g/mol. The van der Waals surface area contributed by atoms with Gasteiger partial charge in [0.1, 0.15) is 23.4 Å². The van der Waals surface area contributed by atoms with Crippen molar-refractivity contribution in [3.05, 3.63) is 38.5 Å². The molecule has 4 nitrogen and oxygen atoms in total. The van der Waals surface area contributed by atoms with E-state index in [1.54, 1.807) is 19.2 Å². The zero-order valence-corrected chi connectivity index (χ0v) is 13.8. The lowest BCUT2D eigenvalue weighted by Gasteiger charge is -2.19. The summed E-state index contributed by atoms with van der Waals surface area (Å²) in [5.41, 5.74) is 1.46. The number of methoxy groups -OCH3 is 3. The van der Waals surface area contributed by atoms with Crippen LogP contribution in [0.25, 0.3) is 0 Å². The highest BCUT2D eigenvalue weighted by Gasteiger charge is 2.25. The van der Waals surface area contributed by atoms with Crippen molar-refractivity contribution in [1.82, 2.24) is 0 Å². The number of aliphatic hydroxyl groups excluding tert-OH is 1. The van der Waals surface area contributed by atoms with E-state index in [0.29, 0.717) is 32.7 Å². The molecule has 0 radical (unpaired) electrons. The van der Waals surface area contributed by atoms with Crippen LogP contribution in [0.4, 0.5) is 0 Å². The van der Waals surface area contributed by atoms with E-state index in [1.165, 1.54) is 25.6 Å². The van der Waals surface area contributed by atoms with Crippen molar-refractivity contribution in [3.8, 4) is 17.2 Å². The molecule has 6 heteroatoms. The smallest absolute Gasteiger partial charge is 0.132 e. The topological polar surface area (TPSA) is 47.9 Å². The summed E-state index contributed by atoms with van der Waals surface area (Å²) in [4.78, 5) is 0.663. The van der Waals surface area contributed by atoms with Gasteiger partial charge in [-0.1, -0.05) is 11.6 Å². The fourth-order valence-electron chi connectivity index (χ4n) is 2.07. The molecular formula is C15H17ClO4S. The minimum Gasteiger partial charge on any atom is -0.496 e. The second-order valence-corrected chi connectivity index (χ2v) is 5.73. The van der Waals surface area contributed by atoms with E-state index in [1.807, 2.05) is 12.3 Å². The highest BCUT2D eigenvalue weighted by molar-refractivity contribution is 7.10. The summed E-state index contributed by atoms with van der Waals surface area (Å²) in [6, 6.07) is 3.41. The number of aryl methyl sites for hydroxylation is 1. The van der Waals surface area contributed by atoms with Crippen molar-refractivity contribution in [3.63, 3.8) is 0 Å². The standard InChI is InChI=1S/C15H17ClO4S/c1-8-7-21-15(13(8)16)14(17)12-10(19-3)5-9(18-2)6-11(12)20-4/h5-7,14,17H,1-4H3. The maximum atomic E-state index is 10.7. The second-order valence-electron chi connectivity index (χ2n) is 4.45. The van der Waals surface area contributed by atoms with Crippen LogP contribution in [-0.2, 0) is 0 Å². The largest absolute Gasteiger partial charge is 0.496 e. The molecule has 1 N–H and O–H groups in total. The molecular weight excluding hydrogens is 312 g/mol. The van der Waals surface area contributed by atoms with Crippen molar-refractivity contribution in [2.45, 2.75) is 13.0 Å². The average Bonchev–Trinajstić information content (AvgIpc) is 2.84. The first-order valence-corrected chi connectivity index (χ1v) is 7.50. The molecule has 2 rings (SSSR count). The predicted octanol–water partition coefficient (Wildman–Crippen LogP) is 3.82. The zero-order chi connectivity index (χ0) is 15.6. The van der Waals surface area contributed by atoms with Gasteiger partial charge in [-0.2, -0.15) is 0 Å². The van der Waals surface area contributed by atoms with E-state index in [9.17, 15) is 5.11 Å². The van der Waals surface area contributed by atoms with Crippen LogP contribution in [0.15, 0.2) is 17.5 Å². The van der Waals surface area contributed by atoms with Gasteiger partial charge in [-0.3, -0.25) is 0 Å².